The lowest BCUT2D eigenvalue weighted by Gasteiger charge is -2.35. The lowest BCUT2D eigenvalue weighted by molar-refractivity contribution is 0.666. The molecule has 0 N–H and O–H groups in total. The number of anilines is 3. The van der Waals surface area contributed by atoms with Crippen molar-refractivity contribution in [2.45, 2.75) is 24.7 Å². The van der Waals surface area contributed by atoms with Gasteiger partial charge in [0.05, 0.1) is 11.1 Å². The van der Waals surface area contributed by atoms with Crippen LogP contribution in [0.2, 0.25) is 0 Å². The summed E-state index contributed by atoms with van der Waals surface area (Å²) in [6.07, 6.45) is 0. The summed E-state index contributed by atoms with van der Waals surface area (Å²) < 4.78 is 0. The lowest BCUT2D eigenvalue weighted by atomic mass is 9.70. The van der Waals surface area contributed by atoms with Crippen LogP contribution < -0.4 is 4.90 Å². The van der Waals surface area contributed by atoms with Crippen LogP contribution in [0.25, 0.3) is 66.1 Å². The minimum atomic E-state index is -0.466. The van der Waals surface area contributed by atoms with Gasteiger partial charge in [0.1, 0.15) is 0 Å². The topological polar surface area (TPSA) is 3.24 Å². The number of fused-ring (bicyclic) bond motifs is 16. The lowest BCUT2D eigenvalue weighted by Crippen LogP contribution is -2.26. The largest absolute Gasteiger partial charge is 0.309 e. The molecule has 0 bridgehead atoms. The van der Waals surface area contributed by atoms with Gasteiger partial charge >= 0.3 is 0 Å². The van der Waals surface area contributed by atoms with Gasteiger partial charge in [-0.05, 0) is 113 Å². The van der Waals surface area contributed by atoms with Gasteiger partial charge < -0.3 is 4.90 Å². The van der Waals surface area contributed by atoms with Gasteiger partial charge in [-0.3, -0.25) is 0 Å². The molecule has 0 heterocycles. The summed E-state index contributed by atoms with van der Waals surface area (Å²) in [7, 11) is 0. The van der Waals surface area contributed by atoms with Crippen LogP contribution in [0.5, 0.6) is 0 Å². The summed E-state index contributed by atoms with van der Waals surface area (Å²) in [5.41, 5.74) is 21.2. The van der Waals surface area contributed by atoms with Crippen molar-refractivity contribution in [2.24, 2.45) is 0 Å². The van der Waals surface area contributed by atoms with Gasteiger partial charge in [0.15, 0.2) is 0 Å². The average molecular weight is 776 g/mol. The number of nitrogens with zero attached hydrogens (tertiary/aromatic N) is 1. The Morgan fingerprint density at radius 1 is 0.344 bits per heavy atom. The summed E-state index contributed by atoms with van der Waals surface area (Å²) in [6.45, 7) is 4.84. The van der Waals surface area contributed by atoms with E-state index in [2.05, 4.69) is 231 Å². The van der Waals surface area contributed by atoms with E-state index >= 15 is 0 Å². The summed E-state index contributed by atoms with van der Waals surface area (Å²) in [5, 5.41) is 5.01. The van der Waals surface area contributed by atoms with Crippen molar-refractivity contribution >= 4 is 38.6 Å². The first-order chi connectivity index (χ1) is 30.0. The first kappa shape index (κ1) is 34.4. The molecule has 3 aliphatic rings. The molecule has 0 atom stereocenters. The third kappa shape index (κ3) is 4.50. The van der Waals surface area contributed by atoms with Crippen molar-refractivity contribution in [1.82, 2.24) is 0 Å². The highest BCUT2D eigenvalue weighted by molar-refractivity contribution is 6.16. The highest BCUT2D eigenvalue weighted by atomic mass is 15.1. The van der Waals surface area contributed by atoms with E-state index in [0.29, 0.717) is 0 Å². The van der Waals surface area contributed by atoms with E-state index in [9.17, 15) is 0 Å². The van der Waals surface area contributed by atoms with Crippen LogP contribution >= 0.6 is 0 Å². The third-order valence-corrected chi connectivity index (χ3v) is 14.2. The summed E-state index contributed by atoms with van der Waals surface area (Å²) in [6, 6.07) is 79.8. The van der Waals surface area contributed by atoms with E-state index < -0.39 is 5.41 Å². The van der Waals surface area contributed by atoms with Crippen LogP contribution in [-0.4, -0.2) is 0 Å². The van der Waals surface area contributed by atoms with Crippen molar-refractivity contribution in [1.29, 1.82) is 0 Å². The molecule has 0 unspecified atom stereocenters. The second-order valence-corrected chi connectivity index (χ2v) is 17.5. The van der Waals surface area contributed by atoms with Gasteiger partial charge in [-0.15, -0.1) is 0 Å². The monoisotopic (exact) mass is 775 g/mol. The van der Waals surface area contributed by atoms with E-state index in [4.69, 9.17) is 0 Å². The zero-order valence-corrected chi connectivity index (χ0v) is 34.2. The quantitative estimate of drug-likeness (QED) is 0.172. The zero-order chi connectivity index (χ0) is 40.5. The van der Waals surface area contributed by atoms with Gasteiger partial charge in [0.25, 0.3) is 0 Å². The summed E-state index contributed by atoms with van der Waals surface area (Å²) in [4.78, 5) is 2.61. The molecular formula is C60H41N. The molecule has 13 rings (SSSR count). The van der Waals surface area contributed by atoms with Gasteiger partial charge in [-0.25, -0.2) is 0 Å². The van der Waals surface area contributed by atoms with Gasteiger partial charge in [0.2, 0.25) is 0 Å². The molecule has 0 aliphatic heterocycles. The molecule has 1 nitrogen and oxygen atoms in total. The third-order valence-electron chi connectivity index (χ3n) is 14.2. The fraction of sp³-hybridized carbons (Fsp3) is 0.0667. The Morgan fingerprint density at radius 2 is 0.836 bits per heavy atom. The number of rotatable bonds is 4. The second kappa shape index (κ2) is 12.5. The van der Waals surface area contributed by atoms with E-state index in [-0.39, 0.29) is 5.41 Å². The molecule has 0 saturated heterocycles. The Labute approximate surface area is 356 Å². The molecule has 1 spiro atoms. The molecule has 0 radical (unpaired) electrons. The molecular weight excluding hydrogens is 735 g/mol. The Kier molecular flexibility index (Phi) is 7.06. The second-order valence-electron chi connectivity index (χ2n) is 17.5. The molecule has 0 amide bonds. The van der Waals surface area contributed by atoms with Crippen LogP contribution in [0.4, 0.5) is 17.1 Å². The fourth-order valence-corrected chi connectivity index (χ4v) is 11.8. The van der Waals surface area contributed by atoms with E-state index in [1.165, 1.54) is 105 Å². The normalized spacial score (nSPS) is 14.3. The van der Waals surface area contributed by atoms with E-state index in [0.717, 1.165) is 11.4 Å². The maximum atomic E-state index is 2.61. The van der Waals surface area contributed by atoms with E-state index in [1.807, 2.05) is 0 Å². The van der Waals surface area contributed by atoms with Crippen molar-refractivity contribution in [2.75, 3.05) is 4.90 Å². The van der Waals surface area contributed by atoms with Crippen LogP contribution in [0.1, 0.15) is 47.2 Å². The van der Waals surface area contributed by atoms with Crippen LogP contribution in [0.3, 0.4) is 0 Å². The molecule has 10 aromatic rings. The fourth-order valence-electron chi connectivity index (χ4n) is 11.8. The van der Waals surface area contributed by atoms with Gasteiger partial charge in [-0.1, -0.05) is 202 Å². The van der Waals surface area contributed by atoms with Gasteiger partial charge in [0, 0.05) is 27.9 Å². The number of hydrogen-bond acceptors (Lipinski definition) is 1. The summed E-state index contributed by atoms with van der Waals surface area (Å²) in [5.74, 6) is 0. The van der Waals surface area contributed by atoms with Gasteiger partial charge in [-0.2, -0.15) is 0 Å². The van der Waals surface area contributed by atoms with Crippen molar-refractivity contribution < 1.29 is 0 Å². The van der Waals surface area contributed by atoms with Crippen LogP contribution in [0.15, 0.2) is 212 Å². The SMILES string of the molecule is CC1(C)c2ccccc2-c2c(N(c3ccc4c(c3)C3(c5ccccc5-c5ccccc53)c3ccccc3-4)c3ccc4ccccc4c3)c(-c3ccccc3)c3ccccc3c21. The predicted octanol–water partition coefficient (Wildman–Crippen LogP) is 15.8. The molecule has 0 aromatic heterocycles. The maximum Gasteiger partial charge on any atom is 0.0726 e. The van der Waals surface area contributed by atoms with Crippen LogP contribution in [-0.2, 0) is 10.8 Å². The molecule has 286 valence electrons. The first-order valence-corrected chi connectivity index (χ1v) is 21.5. The van der Waals surface area contributed by atoms with Crippen molar-refractivity contribution in [3.8, 4) is 44.5 Å². The number of hydrogen-bond donors (Lipinski definition) is 0. The van der Waals surface area contributed by atoms with Crippen LogP contribution in [0, 0.1) is 0 Å². The van der Waals surface area contributed by atoms with Crippen molar-refractivity contribution in [3.63, 3.8) is 0 Å². The Bertz CT molecular complexity index is 3400. The Balaban J connectivity index is 1.20. The molecule has 1 heteroatoms. The standard InChI is InChI=1S/C60H41N/c1-59(2)50-28-14-13-27-49(50)56-57(59)48-26-9-8-25-47(48)55(39-19-4-3-5-20-39)58(56)61(41-33-32-38-18-6-7-21-40(38)36-41)42-34-35-46-45-24-12-17-31-53(45)60(54(46)37-42)51-29-15-10-22-43(51)44-23-11-16-30-52(44)60/h3-37H,1-2H3. The molecule has 10 aromatic carbocycles. The highest BCUT2D eigenvalue weighted by Gasteiger charge is 2.52. The predicted molar refractivity (Wildman–Crippen MR) is 255 cm³/mol. The smallest absolute Gasteiger partial charge is 0.0726 e. The number of benzene rings is 10. The molecule has 0 saturated carbocycles. The zero-order valence-electron chi connectivity index (χ0n) is 34.2. The molecule has 61 heavy (non-hydrogen) atoms. The first-order valence-electron chi connectivity index (χ1n) is 21.5. The Morgan fingerprint density at radius 3 is 1.51 bits per heavy atom. The average Bonchev–Trinajstić information content (AvgIpc) is 3.88. The van der Waals surface area contributed by atoms with E-state index in [1.54, 1.807) is 0 Å². The van der Waals surface area contributed by atoms with Crippen molar-refractivity contribution in [3.05, 3.63) is 246 Å². The Hall–Kier alpha value is -7.48. The molecule has 3 aliphatic carbocycles. The molecule has 0 fully saturated rings. The summed E-state index contributed by atoms with van der Waals surface area (Å²) >= 11 is 0. The minimum Gasteiger partial charge on any atom is -0.309 e. The minimum absolute atomic E-state index is 0.231. The maximum absolute atomic E-state index is 2.61. The highest BCUT2D eigenvalue weighted by Crippen LogP contribution is 2.65.